The van der Waals surface area contributed by atoms with E-state index in [1.807, 2.05) is 6.07 Å². The van der Waals surface area contributed by atoms with Gasteiger partial charge in [0.1, 0.15) is 11.6 Å². The van der Waals surface area contributed by atoms with Crippen LogP contribution in [-0.4, -0.2) is 22.6 Å². The van der Waals surface area contributed by atoms with Crippen LogP contribution in [0.4, 0.5) is 10.2 Å². The summed E-state index contributed by atoms with van der Waals surface area (Å²) in [6, 6.07) is 10.7. The lowest BCUT2D eigenvalue weighted by atomic mass is 9.90. The minimum Gasteiger partial charge on any atom is -0.481 e. The number of fused-ring (bicyclic) bond motifs is 1. The molecule has 1 aliphatic heterocycles. The van der Waals surface area contributed by atoms with Gasteiger partial charge in [0.15, 0.2) is 0 Å². The molecule has 0 spiro atoms. The van der Waals surface area contributed by atoms with Crippen molar-refractivity contribution in [2.75, 3.05) is 11.9 Å². The fourth-order valence-electron chi connectivity index (χ4n) is 3.92. The topological polar surface area (TPSA) is 62.2 Å². The van der Waals surface area contributed by atoms with E-state index in [2.05, 4.69) is 17.4 Å². The van der Waals surface area contributed by atoms with Gasteiger partial charge in [-0.1, -0.05) is 37.5 Å². The number of carboxylic acids is 1. The van der Waals surface area contributed by atoms with E-state index in [-0.39, 0.29) is 18.2 Å². The first-order valence-electron chi connectivity index (χ1n) is 10.3. The Kier molecular flexibility index (Phi) is 7.40. The second-order valence-electron chi connectivity index (χ2n) is 7.64. The highest BCUT2D eigenvalue weighted by Crippen LogP contribution is 2.27. The van der Waals surface area contributed by atoms with Crippen LogP contribution in [0.5, 0.6) is 0 Å². The molecule has 0 saturated heterocycles. The number of halogens is 1. The Labute approximate surface area is 166 Å². The van der Waals surface area contributed by atoms with Crippen LogP contribution in [0.15, 0.2) is 36.4 Å². The first-order valence-corrected chi connectivity index (χ1v) is 10.3. The highest BCUT2D eigenvalue weighted by atomic mass is 19.1. The summed E-state index contributed by atoms with van der Waals surface area (Å²) in [5.74, 6) is -0.210. The van der Waals surface area contributed by atoms with Gasteiger partial charge in [0, 0.05) is 12.2 Å². The maximum absolute atomic E-state index is 13.5. The molecule has 0 saturated carbocycles. The van der Waals surface area contributed by atoms with Crippen LogP contribution in [0.25, 0.3) is 0 Å². The predicted octanol–water partition coefficient (Wildman–Crippen LogP) is 5.33. The number of pyridine rings is 1. The molecule has 5 heteroatoms. The van der Waals surface area contributed by atoms with E-state index in [9.17, 15) is 9.18 Å². The number of aryl methyl sites for hydroxylation is 2. The number of hydrogen-bond acceptors (Lipinski definition) is 3. The van der Waals surface area contributed by atoms with Crippen LogP contribution in [0.2, 0.25) is 0 Å². The van der Waals surface area contributed by atoms with Gasteiger partial charge in [-0.05, 0) is 67.3 Å². The van der Waals surface area contributed by atoms with Crippen molar-refractivity contribution in [2.24, 2.45) is 0 Å². The Balaban J connectivity index is 1.41. The Bertz CT molecular complexity index is 794. The molecule has 3 rings (SSSR count). The lowest BCUT2D eigenvalue weighted by Crippen LogP contribution is -2.13. The molecule has 2 heterocycles. The second-order valence-corrected chi connectivity index (χ2v) is 7.64. The maximum atomic E-state index is 13.5. The molecular weight excluding hydrogens is 355 g/mol. The molecule has 150 valence electrons. The zero-order valence-electron chi connectivity index (χ0n) is 16.3. The van der Waals surface area contributed by atoms with Gasteiger partial charge in [-0.3, -0.25) is 4.79 Å². The average molecular weight is 384 g/mol. The molecule has 0 aliphatic carbocycles. The first kappa shape index (κ1) is 20.3. The zero-order chi connectivity index (χ0) is 19.8. The van der Waals surface area contributed by atoms with Crippen LogP contribution in [0.1, 0.15) is 67.7 Å². The molecular formula is C23H29FN2O2. The number of carboxylic acid groups (broad SMARTS) is 1. The highest BCUT2D eigenvalue weighted by Gasteiger charge is 2.16. The predicted molar refractivity (Wildman–Crippen MR) is 109 cm³/mol. The van der Waals surface area contributed by atoms with Crippen molar-refractivity contribution < 1.29 is 14.3 Å². The molecule has 1 atom stereocenters. The summed E-state index contributed by atoms with van der Waals surface area (Å²) in [6.07, 6.45) is 8.25. The van der Waals surface area contributed by atoms with Gasteiger partial charge < -0.3 is 10.4 Å². The third kappa shape index (κ3) is 6.04. The summed E-state index contributed by atoms with van der Waals surface area (Å²) in [7, 11) is 0. The summed E-state index contributed by atoms with van der Waals surface area (Å²) in [6.45, 7) is 1.01. The average Bonchev–Trinajstić information content (AvgIpc) is 2.69. The number of unbranched alkanes of at least 4 members (excludes halogenated alkanes) is 3. The Morgan fingerprint density at radius 2 is 2.04 bits per heavy atom. The number of rotatable bonds is 10. The smallest absolute Gasteiger partial charge is 0.303 e. The van der Waals surface area contributed by atoms with Gasteiger partial charge in [0.05, 0.1) is 6.42 Å². The van der Waals surface area contributed by atoms with Crippen molar-refractivity contribution in [1.82, 2.24) is 4.98 Å². The van der Waals surface area contributed by atoms with E-state index in [1.54, 1.807) is 6.07 Å². The normalized spacial score (nSPS) is 14.2. The maximum Gasteiger partial charge on any atom is 0.303 e. The van der Waals surface area contributed by atoms with Crippen molar-refractivity contribution in [3.05, 3.63) is 59.0 Å². The SMILES string of the molecule is O=C(O)C[C@@H](CCCCCCc1ccc2c(n1)NCCC2)c1cccc(F)c1. The van der Waals surface area contributed by atoms with Crippen LogP contribution < -0.4 is 5.32 Å². The van der Waals surface area contributed by atoms with E-state index in [0.717, 1.165) is 68.6 Å². The molecule has 1 aliphatic rings. The number of hydrogen-bond donors (Lipinski definition) is 2. The lowest BCUT2D eigenvalue weighted by molar-refractivity contribution is -0.137. The Morgan fingerprint density at radius 3 is 2.86 bits per heavy atom. The molecule has 0 bridgehead atoms. The summed E-state index contributed by atoms with van der Waals surface area (Å²) in [5, 5.41) is 12.5. The number of aromatic nitrogens is 1. The summed E-state index contributed by atoms with van der Waals surface area (Å²) in [5.41, 5.74) is 3.24. The van der Waals surface area contributed by atoms with E-state index < -0.39 is 5.97 Å². The number of nitrogens with one attached hydrogen (secondary N) is 1. The molecule has 1 aromatic heterocycles. The van der Waals surface area contributed by atoms with Gasteiger partial charge in [0.2, 0.25) is 0 Å². The van der Waals surface area contributed by atoms with Crippen LogP contribution >= 0.6 is 0 Å². The van der Waals surface area contributed by atoms with Crippen molar-refractivity contribution in [3.63, 3.8) is 0 Å². The largest absolute Gasteiger partial charge is 0.481 e. The molecule has 0 unspecified atom stereocenters. The summed E-state index contributed by atoms with van der Waals surface area (Å²) >= 11 is 0. The van der Waals surface area contributed by atoms with Gasteiger partial charge >= 0.3 is 5.97 Å². The minimum absolute atomic E-state index is 0.0511. The quantitative estimate of drug-likeness (QED) is 0.544. The number of nitrogens with zero attached hydrogens (tertiary/aromatic N) is 1. The minimum atomic E-state index is -0.832. The Morgan fingerprint density at radius 1 is 1.18 bits per heavy atom. The van der Waals surface area contributed by atoms with Gasteiger partial charge in [-0.2, -0.15) is 0 Å². The van der Waals surface area contributed by atoms with Crippen LogP contribution in [-0.2, 0) is 17.6 Å². The molecule has 2 N–H and O–H groups in total. The molecule has 0 fully saturated rings. The second kappa shape index (κ2) is 10.2. The Hall–Kier alpha value is -2.43. The number of carbonyl (C=O) groups is 1. The molecule has 0 amide bonds. The molecule has 28 heavy (non-hydrogen) atoms. The zero-order valence-corrected chi connectivity index (χ0v) is 16.3. The standard InChI is InChI=1S/C23H29FN2O2/c24-20-10-5-8-18(15-20)19(16-22(27)28)7-3-1-2-4-11-21-13-12-17-9-6-14-25-23(17)26-21/h5,8,10,12-13,15,19H,1-4,6-7,9,11,14,16H2,(H,25,26)(H,27,28)/t19-/m1/s1. The number of benzene rings is 1. The van der Waals surface area contributed by atoms with E-state index in [4.69, 9.17) is 10.1 Å². The number of aliphatic carboxylic acids is 1. The highest BCUT2D eigenvalue weighted by molar-refractivity contribution is 5.68. The van der Waals surface area contributed by atoms with Crippen LogP contribution in [0.3, 0.4) is 0 Å². The van der Waals surface area contributed by atoms with Gasteiger partial charge in [-0.15, -0.1) is 0 Å². The van der Waals surface area contributed by atoms with E-state index >= 15 is 0 Å². The van der Waals surface area contributed by atoms with Crippen LogP contribution in [0, 0.1) is 5.82 Å². The van der Waals surface area contributed by atoms with Crippen molar-refractivity contribution in [3.8, 4) is 0 Å². The van der Waals surface area contributed by atoms with Gasteiger partial charge in [0.25, 0.3) is 0 Å². The van der Waals surface area contributed by atoms with Crippen molar-refractivity contribution in [2.45, 2.75) is 63.7 Å². The molecule has 0 radical (unpaired) electrons. The lowest BCUT2D eigenvalue weighted by Gasteiger charge is -2.17. The molecule has 2 aromatic rings. The first-order chi connectivity index (χ1) is 13.6. The van der Waals surface area contributed by atoms with Crippen molar-refractivity contribution in [1.29, 1.82) is 0 Å². The molecule has 4 nitrogen and oxygen atoms in total. The third-order valence-corrected chi connectivity index (χ3v) is 5.43. The van der Waals surface area contributed by atoms with E-state index in [1.165, 1.54) is 24.1 Å². The molecule has 1 aromatic carbocycles. The fourth-order valence-corrected chi connectivity index (χ4v) is 3.92. The fraction of sp³-hybridized carbons (Fsp3) is 0.478. The third-order valence-electron chi connectivity index (χ3n) is 5.43. The number of anilines is 1. The monoisotopic (exact) mass is 384 g/mol. The summed E-state index contributed by atoms with van der Waals surface area (Å²) < 4.78 is 13.5. The van der Waals surface area contributed by atoms with Crippen molar-refractivity contribution >= 4 is 11.8 Å². The summed E-state index contributed by atoms with van der Waals surface area (Å²) in [4.78, 5) is 15.9. The van der Waals surface area contributed by atoms with Gasteiger partial charge in [-0.25, -0.2) is 9.37 Å². The van der Waals surface area contributed by atoms with E-state index in [0.29, 0.717) is 0 Å².